The van der Waals surface area contributed by atoms with Crippen LogP contribution in [0.2, 0.25) is 0 Å². The van der Waals surface area contributed by atoms with Gasteiger partial charge in [0.05, 0.1) is 0 Å². The van der Waals surface area contributed by atoms with Crippen LogP contribution < -0.4 is 5.32 Å². The topological polar surface area (TPSA) is 49.4 Å². The molecule has 0 aromatic heterocycles. The van der Waals surface area contributed by atoms with Gasteiger partial charge in [-0.25, -0.2) is 0 Å². The standard InChI is InChI=1S/C11H21ClN2O2/c1-7(2)6-9(11(16)14(4)5)13-10(15)8(3)12/h7-9H,6H2,1-5H3,(H,13,15). The van der Waals surface area contributed by atoms with E-state index in [1.54, 1.807) is 21.0 Å². The van der Waals surface area contributed by atoms with E-state index in [2.05, 4.69) is 5.32 Å². The lowest BCUT2D eigenvalue weighted by molar-refractivity contribution is -0.134. The minimum Gasteiger partial charge on any atom is -0.347 e. The van der Waals surface area contributed by atoms with E-state index in [1.807, 2.05) is 13.8 Å². The van der Waals surface area contributed by atoms with E-state index in [9.17, 15) is 9.59 Å². The summed E-state index contributed by atoms with van der Waals surface area (Å²) in [4.78, 5) is 24.7. The Hall–Kier alpha value is -0.770. The van der Waals surface area contributed by atoms with Gasteiger partial charge in [0.25, 0.3) is 0 Å². The van der Waals surface area contributed by atoms with E-state index in [1.165, 1.54) is 4.90 Å². The van der Waals surface area contributed by atoms with Crippen molar-refractivity contribution < 1.29 is 9.59 Å². The number of amides is 2. The summed E-state index contributed by atoms with van der Waals surface area (Å²) in [5, 5.41) is 2.05. The number of nitrogens with one attached hydrogen (secondary N) is 1. The quantitative estimate of drug-likeness (QED) is 0.744. The summed E-state index contributed by atoms with van der Waals surface area (Å²) < 4.78 is 0. The molecule has 0 saturated carbocycles. The van der Waals surface area contributed by atoms with Crippen molar-refractivity contribution in [1.29, 1.82) is 0 Å². The fourth-order valence-electron chi connectivity index (χ4n) is 1.29. The normalized spacial score (nSPS) is 14.4. The summed E-state index contributed by atoms with van der Waals surface area (Å²) in [7, 11) is 3.35. The van der Waals surface area contributed by atoms with Crippen molar-refractivity contribution in [3.63, 3.8) is 0 Å². The van der Waals surface area contributed by atoms with Gasteiger partial charge in [-0.05, 0) is 19.3 Å². The Balaban J connectivity index is 4.55. The van der Waals surface area contributed by atoms with Crippen LogP contribution in [0, 0.1) is 5.92 Å². The average molecular weight is 249 g/mol. The lowest BCUT2D eigenvalue weighted by Crippen LogP contribution is -2.48. The molecule has 0 aliphatic heterocycles. The number of hydrogen-bond acceptors (Lipinski definition) is 2. The zero-order chi connectivity index (χ0) is 12.9. The number of alkyl halides is 1. The van der Waals surface area contributed by atoms with Crippen LogP contribution in [0.3, 0.4) is 0 Å². The van der Waals surface area contributed by atoms with Gasteiger partial charge in [-0.3, -0.25) is 9.59 Å². The molecular formula is C11H21ClN2O2. The summed E-state index contributed by atoms with van der Waals surface area (Å²) in [6.45, 7) is 5.60. The molecule has 4 nitrogen and oxygen atoms in total. The maximum absolute atomic E-state index is 11.8. The Bertz CT molecular complexity index is 252. The molecule has 2 amide bonds. The smallest absolute Gasteiger partial charge is 0.244 e. The first-order valence-electron chi connectivity index (χ1n) is 5.41. The SMILES string of the molecule is CC(C)CC(NC(=O)C(C)Cl)C(=O)N(C)C. The summed E-state index contributed by atoms with van der Waals surface area (Å²) in [6, 6.07) is -0.483. The Kier molecular flexibility index (Phi) is 6.41. The number of rotatable bonds is 5. The Morgan fingerprint density at radius 1 is 1.25 bits per heavy atom. The van der Waals surface area contributed by atoms with Crippen molar-refractivity contribution >= 4 is 23.4 Å². The second-order valence-corrected chi connectivity index (χ2v) is 5.19. The summed E-state index contributed by atoms with van der Waals surface area (Å²) >= 11 is 5.66. The lowest BCUT2D eigenvalue weighted by Gasteiger charge is -2.23. The number of hydrogen-bond donors (Lipinski definition) is 1. The Morgan fingerprint density at radius 3 is 2.06 bits per heavy atom. The molecular weight excluding hydrogens is 228 g/mol. The van der Waals surface area contributed by atoms with Gasteiger partial charge in [-0.2, -0.15) is 0 Å². The van der Waals surface area contributed by atoms with Crippen molar-refractivity contribution in [3.8, 4) is 0 Å². The van der Waals surface area contributed by atoms with E-state index in [-0.39, 0.29) is 11.8 Å². The van der Waals surface area contributed by atoms with Gasteiger partial charge in [-0.15, -0.1) is 11.6 Å². The predicted molar refractivity (Wildman–Crippen MR) is 65.4 cm³/mol. The second-order valence-electron chi connectivity index (χ2n) is 4.54. The van der Waals surface area contributed by atoms with E-state index >= 15 is 0 Å². The van der Waals surface area contributed by atoms with Crippen LogP contribution in [0.25, 0.3) is 0 Å². The van der Waals surface area contributed by atoms with Crippen molar-refractivity contribution in [1.82, 2.24) is 10.2 Å². The molecule has 16 heavy (non-hydrogen) atoms. The van der Waals surface area contributed by atoms with Crippen molar-refractivity contribution in [2.45, 2.75) is 38.6 Å². The molecule has 1 N–H and O–H groups in total. The molecule has 5 heteroatoms. The van der Waals surface area contributed by atoms with Crippen LogP contribution in [0.5, 0.6) is 0 Å². The van der Waals surface area contributed by atoms with Crippen LogP contribution in [-0.2, 0) is 9.59 Å². The molecule has 0 aliphatic rings. The van der Waals surface area contributed by atoms with Crippen LogP contribution in [0.1, 0.15) is 27.2 Å². The summed E-state index contributed by atoms with van der Waals surface area (Å²) in [5.41, 5.74) is 0. The fourth-order valence-corrected chi connectivity index (χ4v) is 1.35. The predicted octanol–water partition coefficient (Wildman–Crippen LogP) is 1.23. The molecule has 0 radical (unpaired) electrons. The molecule has 2 atom stereocenters. The van der Waals surface area contributed by atoms with Gasteiger partial charge in [0, 0.05) is 14.1 Å². The van der Waals surface area contributed by atoms with E-state index in [0.717, 1.165) is 0 Å². The summed E-state index contributed by atoms with van der Waals surface area (Å²) in [6.07, 6.45) is 0.617. The zero-order valence-corrected chi connectivity index (χ0v) is 11.3. The third kappa shape index (κ3) is 5.35. The first kappa shape index (κ1) is 15.2. The molecule has 0 fully saturated rings. The highest BCUT2D eigenvalue weighted by molar-refractivity contribution is 6.30. The fraction of sp³-hybridized carbons (Fsp3) is 0.818. The van der Waals surface area contributed by atoms with Crippen LogP contribution >= 0.6 is 11.6 Å². The Labute approximate surface area is 102 Å². The zero-order valence-electron chi connectivity index (χ0n) is 10.6. The highest BCUT2D eigenvalue weighted by atomic mass is 35.5. The lowest BCUT2D eigenvalue weighted by atomic mass is 10.0. The van der Waals surface area contributed by atoms with Crippen LogP contribution in [0.15, 0.2) is 0 Å². The number of likely N-dealkylation sites (N-methyl/N-ethyl adjacent to an activating group) is 1. The van der Waals surface area contributed by atoms with Gasteiger partial charge in [0.2, 0.25) is 11.8 Å². The molecule has 0 heterocycles. The van der Waals surface area contributed by atoms with Crippen LogP contribution in [0.4, 0.5) is 0 Å². The van der Waals surface area contributed by atoms with Crippen LogP contribution in [-0.4, -0.2) is 42.2 Å². The van der Waals surface area contributed by atoms with Gasteiger partial charge in [-0.1, -0.05) is 13.8 Å². The average Bonchev–Trinajstić information content (AvgIpc) is 2.14. The van der Waals surface area contributed by atoms with Crippen molar-refractivity contribution in [2.24, 2.45) is 5.92 Å². The molecule has 0 saturated heterocycles. The minimum atomic E-state index is -0.621. The molecule has 0 aliphatic carbocycles. The maximum atomic E-state index is 11.8. The monoisotopic (exact) mass is 248 g/mol. The third-order valence-corrected chi connectivity index (χ3v) is 2.32. The number of carbonyl (C=O) groups is 2. The minimum absolute atomic E-state index is 0.0978. The number of carbonyl (C=O) groups excluding carboxylic acids is 2. The highest BCUT2D eigenvalue weighted by Crippen LogP contribution is 2.07. The molecule has 0 rings (SSSR count). The number of halogens is 1. The van der Waals surface area contributed by atoms with E-state index in [4.69, 9.17) is 11.6 Å². The largest absolute Gasteiger partial charge is 0.347 e. The molecule has 0 spiro atoms. The van der Waals surface area contributed by atoms with Crippen molar-refractivity contribution in [3.05, 3.63) is 0 Å². The molecule has 0 bridgehead atoms. The summed E-state index contributed by atoms with van der Waals surface area (Å²) in [5.74, 6) is -0.0679. The Morgan fingerprint density at radius 2 is 1.75 bits per heavy atom. The van der Waals surface area contributed by atoms with E-state index < -0.39 is 11.4 Å². The maximum Gasteiger partial charge on any atom is 0.244 e. The van der Waals surface area contributed by atoms with Gasteiger partial charge < -0.3 is 10.2 Å². The van der Waals surface area contributed by atoms with E-state index in [0.29, 0.717) is 12.3 Å². The first-order valence-corrected chi connectivity index (χ1v) is 5.85. The highest BCUT2D eigenvalue weighted by Gasteiger charge is 2.24. The number of nitrogens with zero attached hydrogens (tertiary/aromatic N) is 1. The molecule has 2 unspecified atom stereocenters. The van der Waals surface area contributed by atoms with Gasteiger partial charge in [0.1, 0.15) is 11.4 Å². The first-order chi connectivity index (χ1) is 7.25. The van der Waals surface area contributed by atoms with Gasteiger partial charge in [0.15, 0.2) is 0 Å². The molecule has 94 valence electrons. The second kappa shape index (κ2) is 6.74. The third-order valence-electron chi connectivity index (χ3n) is 2.12. The van der Waals surface area contributed by atoms with Crippen molar-refractivity contribution in [2.75, 3.05) is 14.1 Å². The molecule has 0 aromatic rings. The molecule has 0 aromatic carbocycles. The van der Waals surface area contributed by atoms with Gasteiger partial charge >= 0.3 is 0 Å².